The van der Waals surface area contributed by atoms with Crippen molar-refractivity contribution in [1.29, 1.82) is 0 Å². The molecule has 2 rings (SSSR count). The first-order valence-electron chi connectivity index (χ1n) is 8.71. The van der Waals surface area contributed by atoms with E-state index in [0.29, 0.717) is 12.5 Å². The molecule has 1 unspecified atom stereocenters. The van der Waals surface area contributed by atoms with E-state index in [0.717, 1.165) is 17.5 Å². The van der Waals surface area contributed by atoms with Gasteiger partial charge in [0.25, 0.3) is 0 Å². The third-order valence-corrected chi connectivity index (χ3v) is 4.81. The number of alkyl halides is 1. The Morgan fingerprint density at radius 3 is 1.68 bits per heavy atom. The first-order chi connectivity index (χ1) is 12.0. The first-order valence-corrected chi connectivity index (χ1v) is 10.9. The number of rotatable bonds is 7. The van der Waals surface area contributed by atoms with E-state index in [1.807, 2.05) is 48.3 Å². The summed E-state index contributed by atoms with van der Waals surface area (Å²) in [5, 5.41) is 0. The van der Waals surface area contributed by atoms with Crippen molar-refractivity contribution >= 4 is 28.4 Å². The molecule has 0 spiro atoms. The van der Waals surface area contributed by atoms with Crippen molar-refractivity contribution in [2.45, 2.75) is 38.1 Å². The smallest absolute Gasteiger partial charge is 0.147 e. The third-order valence-electron chi connectivity index (χ3n) is 4.81. The molecule has 2 aromatic rings. The molecule has 0 N–H and O–H groups in total. The van der Waals surface area contributed by atoms with Gasteiger partial charge < -0.3 is 4.90 Å². The zero-order chi connectivity index (χ0) is 18.9. The van der Waals surface area contributed by atoms with Gasteiger partial charge in [-0.1, -0.05) is 90.2 Å². The largest absolute Gasteiger partial charge is 0.307 e. The summed E-state index contributed by atoms with van der Waals surface area (Å²) in [4.78, 5) is 17.3. The molecule has 0 fully saturated rings. The number of nitrogens with zero attached hydrogens (tertiary/aromatic N) is 1. The highest BCUT2D eigenvalue weighted by Gasteiger charge is 2.41. The predicted molar refractivity (Wildman–Crippen MR) is 117 cm³/mol. The molecular formula is C22H30INO. The van der Waals surface area contributed by atoms with Crippen LogP contribution < -0.4 is 0 Å². The minimum Gasteiger partial charge on any atom is -0.307 e. The molecule has 0 amide bonds. The summed E-state index contributed by atoms with van der Waals surface area (Å²) in [5.41, 5.74) is 1.60. The number of hydrogen-bond donors (Lipinski definition) is 0. The summed E-state index contributed by atoms with van der Waals surface area (Å²) in [6.07, 6.45) is 1.31. The Bertz CT molecular complexity index is 585. The molecule has 3 heteroatoms. The highest BCUT2D eigenvalue weighted by Crippen LogP contribution is 2.39. The Kier molecular flexibility index (Phi) is 9.36. The lowest BCUT2D eigenvalue weighted by Gasteiger charge is -2.37. The van der Waals surface area contributed by atoms with E-state index in [9.17, 15) is 4.79 Å². The van der Waals surface area contributed by atoms with Crippen LogP contribution >= 0.6 is 22.6 Å². The number of hydrogen-bond acceptors (Lipinski definition) is 2. The standard InChI is InChI=1S/C21H27NO.CH3I/c1-5-20(23)21(16-17(2)22(3)4,18-12-8-6-9-13-18)19-14-10-7-11-15-19;1-2/h6-15,17H,5,16H2,1-4H3;1H3. The first kappa shape index (κ1) is 21.8. The molecule has 1 atom stereocenters. The second kappa shape index (κ2) is 10.7. The summed E-state index contributed by atoms with van der Waals surface area (Å²) in [6, 6.07) is 20.7. The van der Waals surface area contributed by atoms with Crippen LogP contribution in [0.2, 0.25) is 0 Å². The van der Waals surface area contributed by atoms with Gasteiger partial charge in [0.1, 0.15) is 5.78 Å². The summed E-state index contributed by atoms with van der Waals surface area (Å²) >= 11 is 2.15. The lowest BCUT2D eigenvalue weighted by molar-refractivity contribution is -0.123. The van der Waals surface area contributed by atoms with Crippen molar-refractivity contribution < 1.29 is 4.79 Å². The van der Waals surface area contributed by atoms with E-state index in [4.69, 9.17) is 0 Å². The SMILES string of the molecule is CCC(=O)C(CC(C)N(C)C)(c1ccccc1)c1ccccc1.CI. The van der Waals surface area contributed by atoms with Gasteiger partial charge >= 0.3 is 0 Å². The second-order valence-corrected chi connectivity index (χ2v) is 6.43. The number of benzene rings is 2. The maximum absolute atomic E-state index is 13.2. The van der Waals surface area contributed by atoms with Gasteiger partial charge in [-0.15, -0.1) is 0 Å². The van der Waals surface area contributed by atoms with Gasteiger partial charge in [-0.3, -0.25) is 4.79 Å². The van der Waals surface area contributed by atoms with E-state index in [-0.39, 0.29) is 5.78 Å². The summed E-state index contributed by atoms with van der Waals surface area (Å²) in [6.45, 7) is 4.15. The molecule has 136 valence electrons. The number of carbonyl (C=O) groups excluding carboxylic acids is 1. The topological polar surface area (TPSA) is 20.3 Å². The Hall–Kier alpha value is -1.20. The molecule has 25 heavy (non-hydrogen) atoms. The number of halogens is 1. The zero-order valence-corrected chi connectivity index (χ0v) is 18.2. The Morgan fingerprint density at radius 2 is 1.36 bits per heavy atom. The van der Waals surface area contributed by atoms with Crippen LogP contribution in [0.3, 0.4) is 0 Å². The molecule has 2 nitrogen and oxygen atoms in total. The van der Waals surface area contributed by atoms with E-state index in [1.165, 1.54) is 0 Å². The van der Waals surface area contributed by atoms with Gasteiger partial charge in [0.05, 0.1) is 5.41 Å². The van der Waals surface area contributed by atoms with Crippen LogP contribution in [0, 0.1) is 0 Å². The Balaban J connectivity index is 0.00000151. The zero-order valence-electron chi connectivity index (χ0n) is 16.0. The highest BCUT2D eigenvalue weighted by molar-refractivity contribution is 14.1. The van der Waals surface area contributed by atoms with Crippen LogP contribution in [0.25, 0.3) is 0 Å². The van der Waals surface area contributed by atoms with Crippen LogP contribution in [0.4, 0.5) is 0 Å². The predicted octanol–water partition coefficient (Wildman–Crippen LogP) is 5.34. The van der Waals surface area contributed by atoms with Gasteiger partial charge in [0, 0.05) is 12.5 Å². The van der Waals surface area contributed by atoms with E-state index in [1.54, 1.807) is 0 Å². The summed E-state index contributed by atoms with van der Waals surface area (Å²) in [7, 11) is 4.14. The Labute approximate surface area is 166 Å². The molecular weight excluding hydrogens is 421 g/mol. The van der Waals surface area contributed by atoms with Crippen molar-refractivity contribution in [3.8, 4) is 0 Å². The van der Waals surface area contributed by atoms with Crippen molar-refractivity contribution in [3.63, 3.8) is 0 Å². The van der Waals surface area contributed by atoms with Gasteiger partial charge in [0.15, 0.2) is 0 Å². The maximum atomic E-state index is 13.2. The van der Waals surface area contributed by atoms with Gasteiger partial charge in [-0.25, -0.2) is 0 Å². The van der Waals surface area contributed by atoms with Crippen molar-refractivity contribution in [2.24, 2.45) is 0 Å². The molecule has 0 bridgehead atoms. The molecule has 0 aromatic heterocycles. The number of ketones is 1. The van der Waals surface area contributed by atoms with Crippen molar-refractivity contribution in [2.75, 3.05) is 19.0 Å². The number of Topliss-reactive ketones (excluding diaryl/α,β-unsaturated/α-hetero) is 1. The monoisotopic (exact) mass is 451 g/mol. The van der Waals surface area contributed by atoms with Crippen LogP contribution in [-0.2, 0) is 10.2 Å². The van der Waals surface area contributed by atoms with Gasteiger partial charge in [0.2, 0.25) is 0 Å². The second-order valence-electron chi connectivity index (χ2n) is 6.43. The van der Waals surface area contributed by atoms with Crippen molar-refractivity contribution in [1.82, 2.24) is 4.90 Å². The quantitative estimate of drug-likeness (QED) is 0.418. The van der Waals surface area contributed by atoms with E-state index < -0.39 is 5.41 Å². The maximum Gasteiger partial charge on any atom is 0.147 e. The fourth-order valence-corrected chi connectivity index (χ4v) is 3.21. The molecule has 0 aliphatic rings. The fourth-order valence-electron chi connectivity index (χ4n) is 3.21. The average molecular weight is 451 g/mol. The van der Waals surface area contributed by atoms with Crippen LogP contribution in [0.1, 0.15) is 37.8 Å². The molecule has 0 saturated carbocycles. The minimum atomic E-state index is -0.582. The van der Waals surface area contributed by atoms with Gasteiger partial charge in [-0.2, -0.15) is 0 Å². The number of carbonyl (C=O) groups is 1. The lowest BCUT2D eigenvalue weighted by Crippen LogP contribution is -2.42. The summed E-state index contributed by atoms with van der Waals surface area (Å²) < 4.78 is 0. The van der Waals surface area contributed by atoms with E-state index in [2.05, 4.69) is 72.8 Å². The van der Waals surface area contributed by atoms with Gasteiger partial charge in [-0.05, 0) is 43.5 Å². The third kappa shape index (κ3) is 5.14. The molecule has 2 aromatic carbocycles. The lowest BCUT2D eigenvalue weighted by atomic mass is 9.67. The van der Waals surface area contributed by atoms with Crippen LogP contribution in [0.5, 0.6) is 0 Å². The van der Waals surface area contributed by atoms with E-state index >= 15 is 0 Å². The average Bonchev–Trinajstić information content (AvgIpc) is 2.68. The highest BCUT2D eigenvalue weighted by atomic mass is 127. The molecule has 0 aliphatic heterocycles. The molecule has 0 saturated heterocycles. The summed E-state index contributed by atoms with van der Waals surface area (Å²) in [5.74, 6) is 0.281. The van der Waals surface area contributed by atoms with Crippen LogP contribution in [-0.4, -0.2) is 35.8 Å². The molecule has 0 heterocycles. The fraction of sp³-hybridized carbons (Fsp3) is 0.409. The molecule has 0 aliphatic carbocycles. The normalized spacial score (nSPS) is 12.3. The van der Waals surface area contributed by atoms with Crippen LogP contribution in [0.15, 0.2) is 60.7 Å². The minimum absolute atomic E-state index is 0.281. The van der Waals surface area contributed by atoms with Crippen molar-refractivity contribution in [3.05, 3.63) is 71.8 Å². The Morgan fingerprint density at radius 1 is 0.960 bits per heavy atom. The molecule has 0 radical (unpaired) electrons.